The molecule has 7 heteroatoms. The summed E-state index contributed by atoms with van der Waals surface area (Å²) in [5.41, 5.74) is 0.256. The van der Waals surface area contributed by atoms with Crippen molar-refractivity contribution in [1.82, 2.24) is 5.32 Å². The Morgan fingerprint density at radius 2 is 2.10 bits per heavy atom. The second-order valence-electron chi connectivity index (χ2n) is 4.42. The molecular weight excluding hydrogens is 287 g/mol. The van der Waals surface area contributed by atoms with E-state index in [1.807, 2.05) is 0 Å². The van der Waals surface area contributed by atoms with Gasteiger partial charge in [0, 0.05) is 17.3 Å². The van der Waals surface area contributed by atoms with Crippen LogP contribution in [-0.4, -0.2) is 23.7 Å². The average Bonchev–Trinajstić information content (AvgIpc) is 2.32. The lowest BCUT2D eigenvalue weighted by molar-refractivity contribution is -0.141. The fraction of sp³-hybridized carbons (Fsp3) is 0.385. The number of urea groups is 1. The van der Waals surface area contributed by atoms with Crippen LogP contribution in [0.1, 0.15) is 19.8 Å². The van der Waals surface area contributed by atoms with E-state index in [1.165, 1.54) is 6.07 Å². The Morgan fingerprint density at radius 1 is 1.40 bits per heavy atom. The molecule has 1 rings (SSSR count). The molecule has 0 aliphatic rings. The molecule has 0 fully saturated rings. The van der Waals surface area contributed by atoms with Gasteiger partial charge in [-0.2, -0.15) is 0 Å². The number of benzene rings is 1. The maximum absolute atomic E-state index is 13.0. The Hall–Kier alpha value is -1.82. The van der Waals surface area contributed by atoms with Crippen molar-refractivity contribution < 1.29 is 19.1 Å². The highest BCUT2D eigenvalue weighted by molar-refractivity contribution is 6.30. The number of carbonyl (C=O) groups excluding carboxylic acids is 1. The Balaban J connectivity index is 2.32. The maximum atomic E-state index is 13.0. The number of hydrogen-bond acceptors (Lipinski definition) is 2. The van der Waals surface area contributed by atoms with Crippen LogP contribution in [0.5, 0.6) is 0 Å². The molecule has 20 heavy (non-hydrogen) atoms. The summed E-state index contributed by atoms with van der Waals surface area (Å²) in [6.45, 7) is 1.95. The summed E-state index contributed by atoms with van der Waals surface area (Å²) in [7, 11) is 0. The Morgan fingerprint density at radius 3 is 2.70 bits per heavy atom. The smallest absolute Gasteiger partial charge is 0.319 e. The number of nitrogens with one attached hydrogen (secondary N) is 2. The summed E-state index contributed by atoms with van der Waals surface area (Å²) in [6.07, 6.45) is 1.02. The summed E-state index contributed by atoms with van der Waals surface area (Å²) < 4.78 is 13.0. The molecule has 5 nitrogen and oxygen atoms in total. The van der Waals surface area contributed by atoms with Crippen molar-refractivity contribution in [3.63, 3.8) is 0 Å². The highest BCUT2D eigenvalue weighted by Gasteiger charge is 2.10. The fourth-order valence-electron chi connectivity index (χ4n) is 1.53. The van der Waals surface area contributed by atoms with Gasteiger partial charge < -0.3 is 15.7 Å². The fourth-order valence-corrected chi connectivity index (χ4v) is 1.76. The average molecular weight is 303 g/mol. The molecule has 0 radical (unpaired) electrons. The largest absolute Gasteiger partial charge is 0.481 e. The van der Waals surface area contributed by atoms with Crippen molar-refractivity contribution in [2.45, 2.75) is 19.8 Å². The van der Waals surface area contributed by atoms with Gasteiger partial charge in [0.1, 0.15) is 5.82 Å². The van der Waals surface area contributed by atoms with Crippen LogP contribution in [0.2, 0.25) is 5.02 Å². The molecule has 1 atom stereocenters. The zero-order valence-corrected chi connectivity index (χ0v) is 11.7. The quantitative estimate of drug-likeness (QED) is 0.707. The highest BCUT2D eigenvalue weighted by Crippen LogP contribution is 2.17. The van der Waals surface area contributed by atoms with Gasteiger partial charge in [0.05, 0.1) is 5.92 Å². The van der Waals surface area contributed by atoms with E-state index in [0.717, 1.165) is 12.1 Å². The van der Waals surface area contributed by atoms with Crippen molar-refractivity contribution in [3.05, 3.63) is 29.0 Å². The number of hydrogen-bond donors (Lipinski definition) is 3. The van der Waals surface area contributed by atoms with Gasteiger partial charge in [0.2, 0.25) is 0 Å². The van der Waals surface area contributed by atoms with Gasteiger partial charge >= 0.3 is 12.0 Å². The van der Waals surface area contributed by atoms with Gasteiger partial charge in [-0.1, -0.05) is 18.5 Å². The molecule has 0 heterocycles. The minimum atomic E-state index is -0.858. The lowest BCUT2D eigenvalue weighted by Gasteiger charge is -2.09. The lowest BCUT2D eigenvalue weighted by Crippen LogP contribution is -2.30. The number of carboxylic acid groups (broad SMARTS) is 1. The van der Waals surface area contributed by atoms with E-state index in [9.17, 15) is 14.0 Å². The van der Waals surface area contributed by atoms with Crippen LogP contribution in [0.4, 0.5) is 14.9 Å². The van der Waals surface area contributed by atoms with Crippen molar-refractivity contribution >= 4 is 29.3 Å². The number of halogens is 2. The zero-order valence-electron chi connectivity index (χ0n) is 11.0. The molecule has 1 aromatic rings. The van der Waals surface area contributed by atoms with Gasteiger partial charge in [-0.25, -0.2) is 9.18 Å². The molecule has 3 N–H and O–H groups in total. The van der Waals surface area contributed by atoms with E-state index >= 15 is 0 Å². The Bertz CT molecular complexity index is 476. The molecule has 0 saturated carbocycles. The number of aliphatic carboxylic acids is 1. The van der Waals surface area contributed by atoms with Crippen molar-refractivity contribution in [1.29, 1.82) is 0 Å². The molecule has 110 valence electrons. The topological polar surface area (TPSA) is 78.4 Å². The maximum Gasteiger partial charge on any atom is 0.319 e. The van der Waals surface area contributed by atoms with E-state index < -0.39 is 23.7 Å². The molecule has 0 aliphatic carbocycles. The van der Waals surface area contributed by atoms with E-state index in [4.69, 9.17) is 16.7 Å². The van der Waals surface area contributed by atoms with Crippen LogP contribution < -0.4 is 10.6 Å². The van der Waals surface area contributed by atoms with Crippen LogP contribution in [0.15, 0.2) is 18.2 Å². The molecule has 0 aromatic heterocycles. The number of rotatable bonds is 6. The van der Waals surface area contributed by atoms with E-state index in [2.05, 4.69) is 10.6 Å². The Labute approximate surface area is 121 Å². The summed E-state index contributed by atoms with van der Waals surface area (Å²) in [4.78, 5) is 22.1. The van der Waals surface area contributed by atoms with Crippen molar-refractivity contribution in [3.8, 4) is 0 Å². The molecule has 0 aliphatic heterocycles. The summed E-state index contributed by atoms with van der Waals surface area (Å²) in [6, 6.07) is 3.22. The van der Waals surface area contributed by atoms with Gasteiger partial charge in [0.15, 0.2) is 0 Å². The van der Waals surface area contributed by atoms with Gasteiger partial charge in [-0.05, 0) is 31.0 Å². The number of carbonyl (C=O) groups is 2. The number of anilines is 1. The first-order valence-electron chi connectivity index (χ1n) is 6.12. The molecule has 1 aromatic carbocycles. The first-order valence-corrected chi connectivity index (χ1v) is 6.50. The highest BCUT2D eigenvalue weighted by atomic mass is 35.5. The molecule has 2 amide bonds. The molecule has 0 saturated heterocycles. The second-order valence-corrected chi connectivity index (χ2v) is 4.86. The van der Waals surface area contributed by atoms with E-state index in [-0.39, 0.29) is 10.7 Å². The standard InChI is InChI=1S/C13H16ClFN2O3/c1-8(12(18)19)3-2-4-16-13(20)17-11-6-9(14)5-10(15)7-11/h5-8H,2-4H2,1H3,(H,18,19)(H2,16,17,20). The van der Waals surface area contributed by atoms with Crippen LogP contribution in [0.25, 0.3) is 0 Å². The van der Waals surface area contributed by atoms with E-state index in [0.29, 0.717) is 19.4 Å². The molecule has 0 bridgehead atoms. The monoisotopic (exact) mass is 302 g/mol. The Kier molecular flexibility index (Phi) is 6.24. The summed E-state index contributed by atoms with van der Waals surface area (Å²) in [5, 5.41) is 13.9. The lowest BCUT2D eigenvalue weighted by atomic mass is 10.1. The zero-order chi connectivity index (χ0) is 15.1. The van der Waals surface area contributed by atoms with Gasteiger partial charge in [-0.15, -0.1) is 0 Å². The summed E-state index contributed by atoms with van der Waals surface area (Å²) >= 11 is 5.66. The first kappa shape index (κ1) is 16.2. The third-order valence-corrected chi connectivity index (χ3v) is 2.86. The van der Waals surface area contributed by atoms with Crippen LogP contribution in [-0.2, 0) is 4.79 Å². The predicted molar refractivity (Wildman–Crippen MR) is 74.5 cm³/mol. The van der Waals surface area contributed by atoms with Crippen LogP contribution in [0, 0.1) is 11.7 Å². The molecular formula is C13H16ClFN2O3. The third kappa shape index (κ3) is 5.88. The predicted octanol–water partition coefficient (Wildman–Crippen LogP) is 3.10. The minimum Gasteiger partial charge on any atom is -0.481 e. The third-order valence-electron chi connectivity index (χ3n) is 2.64. The van der Waals surface area contributed by atoms with Gasteiger partial charge in [-0.3, -0.25) is 4.79 Å². The normalized spacial score (nSPS) is 11.8. The van der Waals surface area contributed by atoms with Gasteiger partial charge in [0.25, 0.3) is 0 Å². The number of amides is 2. The number of carboxylic acids is 1. The summed E-state index contributed by atoms with van der Waals surface area (Å²) in [5.74, 6) is -1.84. The first-order chi connectivity index (χ1) is 9.38. The van der Waals surface area contributed by atoms with Crippen molar-refractivity contribution in [2.24, 2.45) is 5.92 Å². The van der Waals surface area contributed by atoms with E-state index in [1.54, 1.807) is 6.92 Å². The van der Waals surface area contributed by atoms with Crippen molar-refractivity contribution in [2.75, 3.05) is 11.9 Å². The van der Waals surface area contributed by atoms with Crippen LogP contribution in [0.3, 0.4) is 0 Å². The SMILES string of the molecule is CC(CCCNC(=O)Nc1cc(F)cc(Cl)c1)C(=O)O. The molecule has 1 unspecified atom stereocenters. The second kappa shape index (κ2) is 7.69. The molecule has 0 spiro atoms. The van der Waals surface area contributed by atoms with Crippen LogP contribution >= 0.6 is 11.6 Å². The minimum absolute atomic E-state index is 0.190.